The Kier molecular flexibility index (Phi) is 4.19. The highest BCUT2D eigenvalue weighted by molar-refractivity contribution is 4.86. The van der Waals surface area contributed by atoms with Crippen molar-refractivity contribution in [1.29, 1.82) is 0 Å². The minimum atomic E-state index is 0.0102. The van der Waals surface area contributed by atoms with Gasteiger partial charge in [-0.15, -0.1) is 0 Å². The lowest BCUT2D eigenvalue weighted by atomic mass is 9.82. The third-order valence-electron chi connectivity index (χ3n) is 3.62. The standard InChI is InChI=1S/C13H28N2/c1-5-6-13(4,14)11-15-9-7-12(2,3)8-10-15/h5-11,14H2,1-4H3. The summed E-state index contributed by atoms with van der Waals surface area (Å²) in [6.07, 6.45) is 4.95. The summed E-state index contributed by atoms with van der Waals surface area (Å²) in [7, 11) is 0. The molecule has 2 heteroatoms. The Bertz CT molecular complexity index is 187. The molecule has 1 rings (SSSR count). The van der Waals surface area contributed by atoms with Crippen molar-refractivity contribution in [3.8, 4) is 0 Å². The van der Waals surface area contributed by atoms with E-state index in [-0.39, 0.29) is 5.54 Å². The number of piperidine rings is 1. The van der Waals surface area contributed by atoms with E-state index in [0.717, 1.165) is 13.0 Å². The number of nitrogens with two attached hydrogens (primary N) is 1. The van der Waals surface area contributed by atoms with Gasteiger partial charge in [0.2, 0.25) is 0 Å². The van der Waals surface area contributed by atoms with Crippen LogP contribution in [0, 0.1) is 5.41 Å². The van der Waals surface area contributed by atoms with Gasteiger partial charge < -0.3 is 10.6 Å². The quantitative estimate of drug-likeness (QED) is 0.776. The van der Waals surface area contributed by atoms with E-state index in [4.69, 9.17) is 5.73 Å². The number of hydrogen-bond donors (Lipinski definition) is 1. The number of likely N-dealkylation sites (tertiary alicyclic amines) is 1. The van der Waals surface area contributed by atoms with E-state index in [1.54, 1.807) is 0 Å². The molecule has 1 unspecified atom stereocenters. The molecule has 0 spiro atoms. The molecule has 0 amide bonds. The maximum atomic E-state index is 6.28. The van der Waals surface area contributed by atoms with Crippen LogP contribution in [-0.4, -0.2) is 30.1 Å². The lowest BCUT2D eigenvalue weighted by Crippen LogP contribution is -2.50. The van der Waals surface area contributed by atoms with E-state index in [1.807, 2.05) is 0 Å². The zero-order chi connectivity index (χ0) is 11.5. The van der Waals surface area contributed by atoms with Crippen LogP contribution in [0.5, 0.6) is 0 Å². The fraction of sp³-hybridized carbons (Fsp3) is 1.00. The zero-order valence-electron chi connectivity index (χ0n) is 11.0. The normalized spacial score (nSPS) is 26.2. The Balaban J connectivity index is 2.35. The lowest BCUT2D eigenvalue weighted by Gasteiger charge is -2.40. The number of rotatable bonds is 4. The molecule has 0 aromatic rings. The van der Waals surface area contributed by atoms with Gasteiger partial charge in [-0.05, 0) is 44.7 Å². The van der Waals surface area contributed by atoms with E-state index in [0.29, 0.717) is 5.41 Å². The monoisotopic (exact) mass is 212 g/mol. The van der Waals surface area contributed by atoms with Crippen molar-refractivity contribution < 1.29 is 0 Å². The molecular formula is C13H28N2. The van der Waals surface area contributed by atoms with Gasteiger partial charge in [0, 0.05) is 12.1 Å². The molecule has 15 heavy (non-hydrogen) atoms. The van der Waals surface area contributed by atoms with Crippen LogP contribution < -0.4 is 5.73 Å². The van der Waals surface area contributed by atoms with Gasteiger partial charge in [0.05, 0.1) is 0 Å². The van der Waals surface area contributed by atoms with Gasteiger partial charge >= 0.3 is 0 Å². The van der Waals surface area contributed by atoms with Crippen LogP contribution in [-0.2, 0) is 0 Å². The summed E-state index contributed by atoms with van der Waals surface area (Å²) in [5, 5.41) is 0. The molecule has 0 radical (unpaired) electrons. The van der Waals surface area contributed by atoms with Gasteiger partial charge in [0.15, 0.2) is 0 Å². The van der Waals surface area contributed by atoms with Gasteiger partial charge in [-0.1, -0.05) is 27.2 Å². The van der Waals surface area contributed by atoms with Crippen LogP contribution in [0.1, 0.15) is 53.4 Å². The smallest absolute Gasteiger partial charge is 0.0254 e. The van der Waals surface area contributed by atoms with E-state index < -0.39 is 0 Å². The van der Waals surface area contributed by atoms with E-state index in [1.165, 1.54) is 32.4 Å². The average molecular weight is 212 g/mol. The van der Waals surface area contributed by atoms with Crippen molar-refractivity contribution in [2.24, 2.45) is 11.1 Å². The van der Waals surface area contributed by atoms with Crippen LogP contribution >= 0.6 is 0 Å². The van der Waals surface area contributed by atoms with Crippen molar-refractivity contribution >= 4 is 0 Å². The predicted octanol–water partition coefficient (Wildman–Crippen LogP) is 2.63. The van der Waals surface area contributed by atoms with Crippen LogP contribution in [0.25, 0.3) is 0 Å². The first kappa shape index (κ1) is 13.0. The fourth-order valence-electron chi connectivity index (χ4n) is 2.48. The second kappa shape index (κ2) is 4.84. The first-order valence-electron chi connectivity index (χ1n) is 6.36. The molecule has 0 aliphatic carbocycles. The van der Waals surface area contributed by atoms with Crippen molar-refractivity contribution in [3.63, 3.8) is 0 Å². The molecule has 90 valence electrons. The predicted molar refractivity (Wildman–Crippen MR) is 67.0 cm³/mol. The molecule has 1 aliphatic heterocycles. The highest BCUT2D eigenvalue weighted by Crippen LogP contribution is 2.30. The summed E-state index contributed by atoms with van der Waals surface area (Å²) >= 11 is 0. The molecule has 2 N–H and O–H groups in total. The van der Waals surface area contributed by atoms with Gasteiger partial charge in [-0.2, -0.15) is 0 Å². The largest absolute Gasteiger partial charge is 0.324 e. The minimum absolute atomic E-state index is 0.0102. The van der Waals surface area contributed by atoms with Gasteiger partial charge in [0.1, 0.15) is 0 Å². The molecule has 0 aromatic carbocycles. The molecule has 1 saturated heterocycles. The Morgan fingerprint density at radius 1 is 1.27 bits per heavy atom. The molecule has 1 fully saturated rings. The van der Waals surface area contributed by atoms with Crippen LogP contribution in [0.3, 0.4) is 0 Å². The highest BCUT2D eigenvalue weighted by Gasteiger charge is 2.28. The van der Waals surface area contributed by atoms with Crippen molar-refractivity contribution in [1.82, 2.24) is 4.90 Å². The SMILES string of the molecule is CCCC(C)(N)CN1CCC(C)(C)CC1. The third kappa shape index (κ3) is 4.52. The number of nitrogens with zero attached hydrogens (tertiary/aromatic N) is 1. The summed E-state index contributed by atoms with van der Waals surface area (Å²) in [6.45, 7) is 12.7. The van der Waals surface area contributed by atoms with Crippen LogP contribution in [0.2, 0.25) is 0 Å². The maximum Gasteiger partial charge on any atom is 0.0254 e. The molecule has 0 bridgehead atoms. The van der Waals surface area contributed by atoms with Crippen LogP contribution in [0.4, 0.5) is 0 Å². The van der Waals surface area contributed by atoms with Crippen molar-refractivity contribution in [3.05, 3.63) is 0 Å². The molecule has 2 nitrogen and oxygen atoms in total. The zero-order valence-corrected chi connectivity index (χ0v) is 11.0. The summed E-state index contributed by atoms with van der Waals surface area (Å²) in [5.41, 5.74) is 6.84. The van der Waals surface area contributed by atoms with Crippen molar-refractivity contribution in [2.45, 2.75) is 58.9 Å². The number of hydrogen-bond acceptors (Lipinski definition) is 2. The average Bonchev–Trinajstić information content (AvgIpc) is 2.08. The van der Waals surface area contributed by atoms with E-state index >= 15 is 0 Å². The molecule has 1 atom stereocenters. The maximum absolute atomic E-state index is 6.28. The third-order valence-corrected chi connectivity index (χ3v) is 3.62. The summed E-state index contributed by atoms with van der Waals surface area (Å²) in [4.78, 5) is 2.54. The topological polar surface area (TPSA) is 29.3 Å². The molecule has 0 saturated carbocycles. The summed E-state index contributed by atoms with van der Waals surface area (Å²) < 4.78 is 0. The Morgan fingerprint density at radius 2 is 1.80 bits per heavy atom. The molecular weight excluding hydrogens is 184 g/mol. The molecule has 0 aromatic heterocycles. The second-order valence-corrected chi connectivity index (χ2v) is 6.34. The van der Waals surface area contributed by atoms with Crippen LogP contribution in [0.15, 0.2) is 0 Å². The van der Waals surface area contributed by atoms with E-state index in [9.17, 15) is 0 Å². The molecule has 1 aliphatic rings. The Morgan fingerprint density at radius 3 is 2.27 bits per heavy atom. The first-order valence-corrected chi connectivity index (χ1v) is 6.36. The lowest BCUT2D eigenvalue weighted by molar-refractivity contribution is 0.110. The Labute approximate surface area is 95.2 Å². The highest BCUT2D eigenvalue weighted by atomic mass is 15.1. The second-order valence-electron chi connectivity index (χ2n) is 6.34. The van der Waals surface area contributed by atoms with Crippen molar-refractivity contribution in [2.75, 3.05) is 19.6 Å². The summed E-state index contributed by atoms with van der Waals surface area (Å²) in [5.74, 6) is 0. The van der Waals surface area contributed by atoms with Gasteiger partial charge in [-0.25, -0.2) is 0 Å². The van der Waals surface area contributed by atoms with Gasteiger partial charge in [-0.3, -0.25) is 0 Å². The summed E-state index contributed by atoms with van der Waals surface area (Å²) in [6, 6.07) is 0. The minimum Gasteiger partial charge on any atom is -0.324 e. The molecule has 1 heterocycles. The van der Waals surface area contributed by atoms with Gasteiger partial charge in [0.25, 0.3) is 0 Å². The fourth-order valence-corrected chi connectivity index (χ4v) is 2.48. The Hall–Kier alpha value is -0.0800. The first-order chi connectivity index (χ1) is 6.85. The van der Waals surface area contributed by atoms with E-state index in [2.05, 4.69) is 32.6 Å².